The van der Waals surface area contributed by atoms with Gasteiger partial charge in [0.15, 0.2) is 5.96 Å². The van der Waals surface area contributed by atoms with Crippen LogP contribution in [-0.2, 0) is 11.8 Å². The van der Waals surface area contributed by atoms with Gasteiger partial charge in [-0.1, -0.05) is 0 Å². The van der Waals surface area contributed by atoms with E-state index in [1.54, 1.807) is 4.68 Å². The largest absolute Gasteiger partial charge is 0.356 e. The van der Waals surface area contributed by atoms with Crippen LogP contribution in [0.4, 0.5) is 0 Å². The molecule has 2 aliphatic heterocycles. The summed E-state index contributed by atoms with van der Waals surface area (Å²) in [5.74, 6) is 1.24. The average molecular weight is 332 g/mol. The van der Waals surface area contributed by atoms with E-state index in [2.05, 4.69) is 48.4 Å². The highest BCUT2D eigenvalue weighted by Gasteiger charge is 2.45. The Bertz CT molecular complexity index is 644. The summed E-state index contributed by atoms with van der Waals surface area (Å²) in [6.45, 7) is 9.90. The third-order valence-electron chi connectivity index (χ3n) is 4.66. The van der Waals surface area contributed by atoms with Gasteiger partial charge in [0.05, 0.1) is 18.8 Å². The summed E-state index contributed by atoms with van der Waals surface area (Å²) < 4.78 is 1.80. The molecule has 1 saturated heterocycles. The first-order chi connectivity index (χ1) is 11.3. The fraction of sp³-hybridized carbons (Fsp3) is 0.706. The van der Waals surface area contributed by atoms with Crippen molar-refractivity contribution in [2.45, 2.75) is 51.7 Å². The molecule has 1 aromatic rings. The van der Waals surface area contributed by atoms with E-state index in [-0.39, 0.29) is 23.4 Å². The van der Waals surface area contributed by atoms with Gasteiger partial charge in [0, 0.05) is 49.3 Å². The molecular formula is C17H28N6O. The normalized spacial score (nSPS) is 27.4. The minimum Gasteiger partial charge on any atom is -0.356 e. The molecule has 0 aliphatic carbocycles. The number of carbonyl (C=O) groups is 1. The molecule has 0 aromatic carbocycles. The van der Waals surface area contributed by atoms with Gasteiger partial charge in [-0.2, -0.15) is 5.10 Å². The molecule has 0 spiro atoms. The Kier molecular flexibility index (Phi) is 4.27. The molecule has 3 atom stereocenters. The SMILES string of the molecule is CC1CN=C(NC[C@@H]2CC(=O)N(C(C)(C)C)[C@H]2c2cnn(C)c2)N1. The van der Waals surface area contributed by atoms with Crippen molar-refractivity contribution < 1.29 is 4.79 Å². The number of nitrogens with one attached hydrogen (secondary N) is 2. The third-order valence-corrected chi connectivity index (χ3v) is 4.66. The molecule has 132 valence electrons. The van der Waals surface area contributed by atoms with Crippen LogP contribution >= 0.6 is 0 Å². The van der Waals surface area contributed by atoms with Crippen LogP contribution in [-0.4, -0.2) is 51.2 Å². The van der Waals surface area contributed by atoms with Crippen molar-refractivity contribution in [3.63, 3.8) is 0 Å². The number of aliphatic imine (C=N–C) groups is 1. The lowest BCUT2D eigenvalue weighted by molar-refractivity contribution is -0.133. The lowest BCUT2D eigenvalue weighted by Crippen LogP contribution is -2.45. The van der Waals surface area contributed by atoms with E-state index in [0.717, 1.165) is 24.6 Å². The highest BCUT2D eigenvalue weighted by molar-refractivity contribution is 5.83. The zero-order valence-electron chi connectivity index (χ0n) is 15.2. The van der Waals surface area contributed by atoms with E-state index in [0.29, 0.717) is 12.5 Å². The molecule has 1 amide bonds. The summed E-state index contributed by atoms with van der Waals surface area (Å²) >= 11 is 0. The van der Waals surface area contributed by atoms with Gasteiger partial charge in [-0.15, -0.1) is 0 Å². The van der Waals surface area contributed by atoms with Gasteiger partial charge in [-0.05, 0) is 27.7 Å². The van der Waals surface area contributed by atoms with E-state index in [1.807, 2.05) is 24.3 Å². The van der Waals surface area contributed by atoms with Crippen molar-refractivity contribution in [1.82, 2.24) is 25.3 Å². The van der Waals surface area contributed by atoms with Crippen molar-refractivity contribution in [3.8, 4) is 0 Å². The minimum absolute atomic E-state index is 0.0399. The molecule has 2 aliphatic rings. The number of hydrogen-bond donors (Lipinski definition) is 2. The number of guanidine groups is 1. The number of likely N-dealkylation sites (tertiary alicyclic amines) is 1. The van der Waals surface area contributed by atoms with Crippen molar-refractivity contribution in [2.75, 3.05) is 13.1 Å². The van der Waals surface area contributed by atoms with Crippen molar-refractivity contribution >= 4 is 11.9 Å². The molecule has 0 bridgehead atoms. The molecule has 1 unspecified atom stereocenters. The highest BCUT2D eigenvalue weighted by Crippen LogP contribution is 2.41. The number of aromatic nitrogens is 2. The molecule has 0 saturated carbocycles. The second-order valence-electron chi connectivity index (χ2n) is 7.91. The first-order valence-electron chi connectivity index (χ1n) is 8.61. The monoisotopic (exact) mass is 332 g/mol. The summed E-state index contributed by atoms with van der Waals surface area (Å²) in [5.41, 5.74) is 0.879. The minimum atomic E-state index is -0.218. The smallest absolute Gasteiger partial charge is 0.223 e. The van der Waals surface area contributed by atoms with Gasteiger partial charge in [-0.25, -0.2) is 0 Å². The van der Waals surface area contributed by atoms with Crippen LogP contribution in [0.3, 0.4) is 0 Å². The molecule has 3 rings (SSSR count). The summed E-state index contributed by atoms with van der Waals surface area (Å²) in [4.78, 5) is 19.2. The lowest BCUT2D eigenvalue weighted by atomic mass is 9.93. The van der Waals surface area contributed by atoms with Gasteiger partial charge in [0.25, 0.3) is 0 Å². The molecule has 0 radical (unpaired) electrons. The maximum absolute atomic E-state index is 12.7. The number of amides is 1. The Hall–Kier alpha value is -2.05. The maximum atomic E-state index is 12.7. The van der Waals surface area contributed by atoms with Crippen molar-refractivity contribution in [3.05, 3.63) is 18.0 Å². The molecule has 1 aromatic heterocycles. The Morgan fingerprint density at radius 3 is 2.71 bits per heavy atom. The Labute approximate surface area is 143 Å². The number of nitrogens with zero attached hydrogens (tertiary/aromatic N) is 4. The maximum Gasteiger partial charge on any atom is 0.223 e. The van der Waals surface area contributed by atoms with Gasteiger partial charge in [0.1, 0.15) is 0 Å². The molecule has 1 fully saturated rings. The quantitative estimate of drug-likeness (QED) is 0.867. The topological polar surface area (TPSA) is 74.5 Å². The lowest BCUT2D eigenvalue weighted by Gasteiger charge is -2.38. The standard InChI is InChI=1S/C17H28N6O/c1-11-7-18-16(21-11)19-8-12-6-14(24)23(17(2,3)4)15(12)13-9-20-22(5)10-13/h9-12,15H,6-8H2,1-5H3,(H2,18,19,21)/t11?,12-,15+/m0/s1. The molecule has 7 nitrogen and oxygen atoms in total. The second kappa shape index (κ2) is 6.11. The fourth-order valence-electron chi connectivity index (χ4n) is 3.68. The van der Waals surface area contributed by atoms with Crippen LogP contribution in [0.25, 0.3) is 0 Å². The summed E-state index contributed by atoms with van der Waals surface area (Å²) in [5, 5.41) is 11.0. The van der Waals surface area contributed by atoms with Crippen LogP contribution in [0.1, 0.15) is 45.7 Å². The second-order valence-corrected chi connectivity index (χ2v) is 7.91. The Morgan fingerprint density at radius 2 is 2.17 bits per heavy atom. The average Bonchev–Trinajstić information content (AvgIpc) is 3.15. The molecular weight excluding hydrogens is 304 g/mol. The van der Waals surface area contributed by atoms with Crippen LogP contribution in [0.2, 0.25) is 0 Å². The summed E-state index contributed by atoms with van der Waals surface area (Å²) in [6, 6.07) is 0.413. The zero-order chi connectivity index (χ0) is 17.5. The van der Waals surface area contributed by atoms with Gasteiger partial charge < -0.3 is 15.5 Å². The predicted molar refractivity (Wildman–Crippen MR) is 93.6 cm³/mol. The van der Waals surface area contributed by atoms with Gasteiger partial charge in [-0.3, -0.25) is 14.5 Å². The number of carbonyl (C=O) groups excluding carboxylic acids is 1. The Morgan fingerprint density at radius 1 is 1.42 bits per heavy atom. The van der Waals surface area contributed by atoms with Crippen LogP contribution in [0.5, 0.6) is 0 Å². The predicted octanol–water partition coefficient (Wildman–Crippen LogP) is 1.05. The van der Waals surface area contributed by atoms with Gasteiger partial charge >= 0.3 is 0 Å². The molecule has 24 heavy (non-hydrogen) atoms. The van der Waals surface area contributed by atoms with E-state index in [9.17, 15) is 4.79 Å². The van der Waals surface area contributed by atoms with Crippen molar-refractivity contribution in [1.29, 1.82) is 0 Å². The van der Waals surface area contributed by atoms with Crippen LogP contribution < -0.4 is 10.6 Å². The molecule has 3 heterocycles. The summed E-state index contributed by atoms with van der Waals surface area (Å²) in [7, 11) is 1.91. The van der Waals surface area contributed by atoms with Crippen LogP contribution in [0, 0.1) is 5.92 Å². The van der Waals surface area contributed by atoms with E-state index in [1.165, 1.54) is 0 Å². The van der Waals surface area contributed by atoms with Gasteiger partial charge in [0.2, 0.25) is 5.91 Å². The van der Waals surface area contributed by atoms with E-state index in [4.69, 9.17) is 0 Å². The van der Waals surface area contributed by atoms with E-state index < -0.39 is 0 Å². The summed E-state index contributed by atoms with van der Waals surface area (Å²) in [6.07, 6.45) is 4.44. The number of hydrogen-bond acceptors (Lipinski definition) is 5. The van der Waals surface area contributed by atoms with E-state index >= 15 is 0 Å². The first-order valence-corrected chi connectivity index (χ1v) is 8.61. The number of rotatable bonds is 3. The first kappa shape index (κ1) is 16.8. The fourth-order valence-corrected chi connectivity index (χ4v) is 3.68. The molecule has 2 N–H and O–H groups in total. The number of aryl methyl sites for hydroxylation is 1. The zero-order valence-corrected chi connectivity index (χ0v) is 15.2. The third kappa shape index (κ3) is 3.25. The van der Waals surface area contributed by atoms with Crippen LogP contribution in [0.15, 0.2) is 17.4 Å². The Balaban J connectivity index is 1.80. The molecule has 7 heteroatoms. The van der Waals surface area contributed by atoms with Crippen molar-refractivity contribution in [2.24, 2.45) is 18.0 Å². The highest BCUT2D eigenvalue weighted by atomic mass is 16.2.